The van der Waals surface area contributed by atoms with E-state index in [2.05, 4.69) is 31.2 Å². The van der Waals surface area contributed by atoms with Gasteiger partial charge in [-0.05, 0) is 24.6 Å². The highest BCUT2D eigenvalue weighted by atomic mass is 79.9. The van der Waals surface area contributed by atoms with Crippen LogP contribution < -0.4 is 5.32 Å². The van der Waals surface area contributed by atoms with Crippen molar-refractivity contribution in [3.05, 3.63) is 50.6 Å². The first kappa shape index (κ1) is 14.1. The third kappa shape index (κ3) is 3.39. The van der Waals surface area contributed by atoms with Gasteiger partial charge in [0, 0.05) is 23.1 Å². The number of aromatic nitrogens is 1. The number of hydrogen-bond acceptors (Lipinski definition) is 3. The molecule has 0 fully saturated rings. The normalized spacial score (nSPS) is 13.4. The minimum absolute atomic E-state index is 0.00225. The minimum atomic E-state index is -0.257. The molecule has 1 N–H and O–H groups in total. The zero-order valence-electron chi connectivity index (χ0n) is 10.5. The molecular weight excluding hydrogens is 329 g/mol. The van der Waals surface area contributed by atoms with Crippen molar-refractivity contribution in [1.29, 1.82) is 0 Å². The Morgan fingerprint density at radius 3 is 2.89 bits per heavy atom. The molecule has 3 nitrogen and oxygen atoms in total. The van der Waals surface area contributed by atoms with Crippen molar-refractivity contribution < 1.29 is 4.39 Å². The van der Waals surface area contributed by atoms with Gasteiger partial charge in [-0.15, -0.1) is 11.3 Å². The molecule has 0 saturated heterocycles. The van der Waals surface area contributed by atoms with Crippen molar-refractivity contribution in [3.63, 3.8) is 0 Å². The maximum absolute atomic E-state index is 13.1. The van der Waals surface area contributed by atoms with E-state index >= 15 is 0 Å². The lowest BCUT2D eigenvalue weighted by molar-refractivity contribution is 0.622. The maximum Gasteiger partial charge on any atom is 0.158 e. The van der Waals surface area contributed by atoms with E-state index in [1.807, 2.05) is 12.3 Å². The molecule has 2 aromatic rings. The Hall–Kier alpha value is -1.27. The van der Waals surface area contributed by atoms with Crippen LogP contribution in [0.15, 0.2) is 39.2 Å². The van der Waals surface area contributed by atoms with Gasteiger partial charge in [0.1, 0.15) is 5.82 Å². The molecule has 100 valence electrons. The summed E-state index contributed by atoms with van der Waals surface area (Å²) >= 11 is 4.90. The Morgan fingerprint density at radius 1 is 1.53 bits per heavy atom. The minimum Gasteiger partial charge on any atom is -0.361 e. The van der Waals surface area contributed by atoms with E-state index in [0.717, 1.165) is 20.9 Å². The number of nitrogens with one attached hydrogen (secondary N) is 1. The van der Waals surface area contributed by atoms with E-state index in [4.69, 9.17) is 0 Å². The number of nitrogens with zero attached hydrogens (tertiary/aromatic N) is 2. The fourth-order valence-electron chi connectivity index (χ4n) is 1.70. The topological polar surface area (TPSA) is 37.3 Å². The first-order valence-corrected chi connectivity index (χ1v) is 7.37. The predicted molar refractivity (Wildman–Crippen MR) is 80.2 cm³/mol. The molecule has 0 bridgehead atoms. The summed E-state index contributed by atoms with van der Waals surface area (Å²) < 4.78 is 13.8. The van der Waals surface area contributed by atoms with E-state index in [1.54, 1.807) is 19.3 Å². The fraction of sp³-hybridized carbons (Fsp3) is 0.231. The first-order chi connectivity index (χ1) is 9.11. The summed E-state index contributed by atoms with van der Waals surface area (Å²) in [5.41, 5.74) is 0.971. The van der Waals surface area contributed by atoms with Crippen molar-refractivity contribution in [2.24, 2.45) is 4.99 Å². The van der Waals surface area contributed by atoms with Gasteiger partial charge >= 0.3 is 0 Å². The van der Waals surface area contributed by atoms with E-state index in [-0.39, 0.29) is 11.9 Å². The SMILES string of the molecule is CN=C(N[C@H](C)c1ccc(F)cc1Br)c1nccs1. The molecule has 19 heavy (non-hydrogen) atoms. The molecule has 0 aliphatic carbocycles. The zero-order valence-corrected chi connectivity index (χ0v) is 12.9. The molecule has 0 saturated carbocycles. The highest BCUT2D eigenvalue weighted by molar-refractivity contribution is 9.10. The Balaban J connectivity index is 2.18. The monoisotopic (exact) mass is 341 g/mol. The second-order valence-electron chi connectivity index (χ2n) is 3.94. The smallest absolute Gasteiger partial charge is 0.158 e. The van der Waals surface area contributed by atoms with Crippen LogP contribution in [-0.4, -0.2) is 17.9 Å². The second kappa shape index (κ2) is 6.25. The average molecular weight is 342 g/mol. The number of rotatable bonds is 3. The molecule has 0 unspecified atom stereocenters. The van der Waals surface area contributed by atoms with Crippen LogP contribution in [0.4, 0.5) is 4.39 Å². The number of hydrogen-bond donors (Lipinski definition) is 1. The highest BCUT2D eigenvalue weighted by Gasteiger charge is 2.14. The molecule has 1 aromatic heterocycles. The van der Waals surface area contributed by atoms with Crippen LogP contribution in [0.25, 0.3) is 0 Å². The standard InChI is InChI=1S/C13H13BrFN3S/c1-8(10-4-3-9(15)7-11(10)14)18-12(16-2)13-17-5-6-19-13/h3-8H,1-2H3,(H,16,18)/t8-/m1/s1. The lowest BCUT2D eigenvalue weighted by Gasteiger charge is -2.17. The molecule has 2 rings (SSSR count). The van der Waals surface area contributed by atoms with Crippen LogP contribution in [0.5, 0.6) is 0 Å². The van der Waals surface area contributed by atoms with Crippen LogP contribution in [0, 0.1) is 5.82 Å². The van der Waals surface area contributed by atoms with Crippen molar-refractivity contribution in [3.8, 4) is 0 Å². The predicted octanol–water partition coefficient (Wildman–Crippen LogP) is 3.77. The molecule has 1 heterocycles. The van der Waals surface area contributed by atoms with Gasteiger partial charge in [0.25, 0.3) is 0 Å². The zero-order chi connectivity index (χ0) is 13.8. The quantitative estimate of drug-likeness (QED) is 0.681. The molecule has 0 amide bonds. The Kier molecular flexibility index (Phi) is 4.66. The summed E-state index contributed by atoms with van der Waals surface area (Å²) in [6.45, 7) is 2.00. The molecule has 0 spiro atoms. The molecule has 0 radical (unpaired) electrons. The van der Waals surface area contributed by atoms with E-state index in [0.29, 0.717) is 0 Å². The van der Waals surface area contributed by atoms with Gasteiger partial charge in [-0.1, -0.05) is 22.0 Å². The highest BCUT2D eigenvalue weighted by Crippen LogP contribution is 2.24. The lowest BCUT2D eigenvalue weighted by atomic mass is 10.1. The number of amidine groups is 1. The Morgan fingerprint density at radius 2 is 2.32 bits per heavy atom. The first-order valence-electron chi connectivity index (χ1n) is 5.70. The Labute approximate surface area is 123 Å². The van der Waals surface area contributed by atoms with Gasteiger partial charge in [0.05, 0.1) is 6.04 Å². The van der Waals surface area contributed by atoms with Crippen molar-refractivity contribution in [1.82, 2.24) is 10.3 Å². The molecule has 1 aromatic carbocycles. The van der Waals surface area contributed by atoms with Gasteiger partial charge in [-0.2, -0.15) is 0 Å². The van der Waals surface area contributed by atoms with Crippen LogP contribution in [0.1, 0.15) is 23.5 Å². The second-order valence-corrected chi connectivity index (χ2v) is 5.69. The van der Waals surface area contributed by atoms with Gasteiger partial charge < -0.3 is 5.32 Å². The number of halogens is 2. The summed E-state index contributed by atoms with van der Waals surface area (Å²) in [6, 6.07) is 4.66. The summed E-state index contributed by atoms with van der Waals surface area (Å²) in [5, 5.41) is 6.03. The molecule has 0 aliphatic heterocycles. The molecule has 6 heteroatoms. The third-order valence-electron chi connectivity index (χ3n) is 2.64. The lowest BCUT2D eigenvalue weighted by Crippen LogP contribution is -2.27. The van der Waals surface area contributed by atoms with Gasteiger partial charge in [-0.25, -0.2) is 9.37 Å². The fourth-order valence-corrected chi connectivity index (χ4v) is 3.03. The summed E-state index contributed by atoms with van der Waals surface area (Å²) in [6.07, 6.45) is 1.74. The van der Waals surface area contributed by atoms with Gasteiger partial charge in [0.2, 0.25) is 0 Å². The largest absolute Gasteiger partial charge is 0.361 e. The van der Waals surface area contributed by atoms with Crippen LogP contribution in [-0.2, 0) is 0 Å². The van der Waals surface area contributed by atoms with Crippen molar-refractivity contribution in [2.75, 3.05) is 7.05 Å². The average Bonchev–Trinajstić information content (AvgIpc) is 2.89. The van der Waals surface area contributed by atoms with Crippen molar-refractivity contribution >= 4 is 33.1 Å². The molecular formula is C13H13BrFN3S. The summed E-state index contributed by atoms with van der Waals surface area (Å²) in [5.74, 6) is 0.478. The van der Waals surface area contributed by atoms with Gasteiger partial charge in [0.15, 0.2) is 10.8 Å². The van der Waals surface area contributed by atoms with E-state index in [1.165, 1.54) is 23.5 Å². The Bertz CT molecular complexity index is 584. The third-order valence-corrected chi connectivity index (χ3v) is 4.11. The number of benzene rings is 1. The maximum atomic E-state index is 13.1. The number of thiazole rings is 1. The summed E-state index contributed by atoms with van der Waals surface area (Å²) in [7, 11) is 1.72. The molecule has 1 atom stereocenters. The van der Waals surface area contributed by atoms with Crippen LogP contribution >= 0.6 is 27.3 Å². The molecule has 0 aliphatic rings. The van der Waals surface area contributed by atoms with Crippen molar-refractivity contribution in [2.45, 2.75) is 13.0 Å². The van der Waals surface area contributed by atoms with Crippen LogP contribution in [0.3, 0.4) is 0 Å². The van der Waals surface area contributed by atoms with Gasteiger partial charge in [-0.3, -0.25) is 4.99 Å². The van der Waals surface area contributed by atoms with E-state index < -0.39 is 0 Å². The van der Waals surface area contributed by atoms with E-state index in [9.17, 15) is 4.39 Å². The van der Waals surface area contributed by atoms with Crippen LogP contribution in [0.2, 0.25) is 0 Å². The summed E-state index contributed by atoms with van der Waals surface area (Å²) in [4.78, 5) is 8.43. The number of aliphatic imine (C=N–C) groups is 1.